The summed E-state index contributed by atoms with van der Waals surface area (Å²) in [5.41, 5.74) is 2.27. The quantitative estimate of drug-likeness (QED) is 0.760. The van der Waals surface area contributed by atoms with Gasteiger partial charge in [-0.3, -0.25) is 14.5 Å². The molecule has 1 saturated heterocycles. The van der Waals surface area contributed by atoms with E-state index in [-0.39, 0.29) is 24.8 Å². The van der Waals surface area contributed by atoms with Gasteiger partial charge in [0.1, 0.15) is 6.07 Å². The molecule has 0 spiro atoms. The Kier molecular flexibility index (Phi) is 6.99. The summed E-state index contributed by atoms with van der Waals surface area (Å²) in [7, 11) is 0. The number of hydrogen-bond donors (Lipinski definition) is 0. The van der Waals surface area contributed by atoms with Crippen LogP contribution >= 0.6 is 0 Å². The third-order valence-corrected chi connectivity index (χ3v) is 5.22. The zero-order valence-corrected chi connectivity index (χ0v) is 16.8. The fourth-order valence-corrected chi connectivity index (χ4v) is 3.61. The van der Waals surface area contributed by atoms with Crippen molar-refractivity contribution in [2.24, 2.45) is 0 Å². The van der Waals surface area contributed by atoms with Gasteiger partial charge in [0.15, 0.2) is 0 Å². The summed E-state index contributed by atoms with van der Waals surface area (Å²) in [5.74, 6) is -0.127. The molecule has 0 unspecified atom stereocenters. The molecule has 1 aliphatic heterocycles. The van der Waals surface area contributed by atoms with Crippen LogP contribution in [-0.2, 0) is 16.1 Å². The first-order valence-electron chi connectivity index (χ1n) is 9.90. The van der Waals surface area contributed by atoms with Crippen LogP contribution in [0.5, 0.6) is 0 Å². The highest BCUT2D eigenvalue weighted by Gasteiger charge is 2.23. The van der Waals surface area contributed by atoms with Crippen molar-refractivity contribution in [2.75, 3.05) is 37.6 Å². The predicted molar refractivity (Wildman–Crippen MR) is 112 cm³/mol. The standard InChI is InChI=1S/C23H26N4O2/c1-19(28)27(22-10-6-5-9-21(22)17-24)12-11-23(29)26-15-13-25(14-16-26)18-20-7-3-2-4-8-20/h2-10H,11-16,18H2,1H3. The number of piperazine rings is 1. The average molecular weight is 390 g/mol. The van der Waals surface area contributed by atoms with Gasteiger partial charge in [0.05, 0.1) is 11.3 Å². The van der Waals surface area contributed by atoms with E-state index in [9.17, 15) is 14.9 Å². The van der Waals surface area contributed by atoms with Gasteiger partial charge in [-0.15, -0.1) is 0 Å². The number of rotatable bonds is 6. The van der Waals surface area contributed by atoms with Gasteiger partial charge in [-0.1, -0.05) is 42.5 Å². The van der Waals surface area contributed by atoms with E-state index in [1.807, 2.05) is 23.1 Å². The van der Waals surface area contributed by atoms with Crippen molar-refractivity contribution >= 4 is 17.5 Å². The molecule has 1 aliphatic rings. The van der Waals surface area contributed by atoms with E-state index in [1.165, 1.54) is 17.4 Å². The van der Waals surface area contributed by atoms with Crippen molar-refractivity contribution in [1.82, 2.24) is 9.80 Å². The highest BCUT2D eigenvalue weighted by Crippen LogP contribution is 2.20. The lowest BCUT2D eigenvalue weighted by Crippen LogP contribution is -2.49. The molecular weight excluding hydrogens is 364 g/mol. The molecule has 2 amide bonds. The number of benzene rings is 2. The van der Waals surface area contributed by atoms with Crippen LogP contribution in [0.15, 0.2) is 54.6 Å². The lowest BCUT2D eigenvalue weighted by Gasteiger charge is -2.35. The summed E-state index contributed by atoms with van der Waals surface area (Å²) in [6, 6.07) is 19.4. The molecule has 1 heterocycles. The van der Waals surface area contributed by atoms with Gasteiger partial charge in [-0.05, 0) is 17.7 Å². The Morgan fingerprint density at radius 1 is 1.00 bits per heavy atom. The molecule has 1 fully saturated rings. The van der Waals surface area contributed by atoms with Gasteiger partial charge >= 0.3 is 0 Å². The summed E-state index contributed by atoms with van der Waals surface area (Å²) in [5, 5.41) is 9.29. The molecule has 2 aromatic rings. The van der Waals surface area contributed by atoms with E-state index in [4.69, 9.17) is 0 Å². The van der Waals surface area contributed by atoms with Gasteiger partial charge in [0, 0.05) is 52.6 Å². The molecule has 0 aliphatic carbocycles. The van der Waals surface area contributed by atoms with Gasteiger partial charge in [0.25, 0.3) is 0 Å². The molecule has 0 saturated carbocycles. The van der Waals surface area contributed by atoms with Crippen LogP contribution in [0.2, 0.25) is 0 Å². The Morgan fingerprint density at radius 2 is 1.66 bits per heavy atom. The fourth-order valence-electron chi connectivity index (χ4n) is 3.61. The minimum atomic E-state index is -0.173. The van der Waals surface area contributed by atoms with Crippen molar-refractivity contribution in [3.05, 3.63) is 65.7 Å². The second-order valence-corrected chi connectivity index (χ2v) is 7.19. The zero-order valence-electron chi connectivity index (χ0n) is 16.8. The molecule has 0 atom stereocenters. The summed E-state index contributed by atoms with van der Waals surface area (Å²) in [6.07, 6.45) is 0.248. The number of nitrogens with zero attached hydrogens (tertiary/aromatic N) is 4. The van der Waals surface area contributed by atoms with E-state index >= 15 is 0 Å². The normalized spacial score (nSPS) is 14.3. The summed E-state index contributed by atoms with van der Waals surface area (Å²) < 4.78 is 0. The zero-order chi connectivity index (χ0) is 20.6. The predicted octanol–water partition coefficient (Wildman–Crippen LogP) is 2.65. The highest BCUT2D eigenvalue weighted by molar-refractivity contribution is 5.93. The number of anilines is 1. The maximum Gasteiger partial charge on any atom is 0.224 e. The average Bonchev–Trinajstić information content (AvgIpc) is 2.75. The monoisotopic (exact) mass is 390 g/mol. The Balaban J connectivity index is 1.52. The van der Waals surface area contributed by atoms with Crippen LogP contribution in [0.1, 0.15) is 24.5 Å². The molecule has 6 nitrogen and oxygen atoms in total. The fraction of sp³-hybridized carbons (Fsp3) is 0.348. The maximum atomic E-state index is 12.7. The number of nitriles is 1. The van der Waals surface area contributed by atoms with Crippen molar-refractivity contribution in [1.29, 1.82) is 5.26 Å². The van der Waals surface area contributed by atoms with E-state index in [1.54, 1.807) is 24.3 Å². The lowest BCUT2D eigenvalue weighted by atomic mass is 10.1. The topological polar surface area (TPSA) is 67.7 Å². The van der Waals surface area contributed by atoms with E-state index in [0.29, 0.717) is 24.3 Å². The van der Waals surface area contributed by atoms with Crippen LogP contribution in [-0.4, -0.2) is 54.3 Å². The minimum Gasteiger partial charge on any atom is -0.340 e. The number of hydrogen-bond acceptors (Lipinski definition) is 4. The molecule has 2 aromatic carbocycles. The molecule has 0 aromatic heterocycles. The molecule has 0 radical (unpaired) electrons. The summed E-state index contributed by atoms with van der Waals surface area (Å²) >= 11 is 0. The molecule has 3 rings (SSSR count). The van der Waals surface area contributed by atoms with Crippen LogP contribution < -0.4 is 4.90 Å². The number of para-hydroxylation sites is 1. The Hall–Kier alpha value is -3.17. The molecular formula is C23H26N4O2. The van der Waals surface area contributed by atoms with Gasteiger partial charge in [-0.2, -0.15) is 5.26 Å². The van der Waals surface area contributed by atoms with Crippen LogP contribution in [0, 0.1) is 11.3 Å². The Labute approximate surface area is 171 Å². The van der Waals surface area contributed by atoms with E-state index in [0.717, 1.165) is 19.6 Å². The smallest absolute Gasteiger partial charge is 0.224 e. The first-order chi connectivity index (χ1) is 14.1. The van der Waals surface area contributed by atoms with Crippen LogP contribution in [0.4, 0.5) is 5.69 Å². The lowest BCUT2D eigenvalue weighted by molar-refractivity contribution is -0.132. The van der Waals surface area contributed by atoms with Gasteiger partial charge in [0.2, 0.25) is 11.8 Å². The second kappa shape index (κ2) is 9.85. The van der Waals surface area contributed by atoms with Crippen molar-refractivity contribution in [3.63, 3.8) is 0 Å². The number of carbonyl (C=O) groups is 2. The summed E-state index contributed by atoms with van der Waals surface area (Å²) in [4.78, 5) is 30.5. The van der Waals surface area contributed by atoms with Gasteiger partial charge < -0.3 is 9.80 Å². The Bertz CT molecular complexity index is 883. The largest absolute Gasteiger partial charge is 0.340 e. The van der Waals surface area contributed by atoms with Crippen LogP contribution in [0.25, 0.3) is 0 Å². The molecule has 0 bridgehead atoms. The molecule has 150 valence electrons. The highest BCUT2D eigenvalue weighted by atomic mass is 16.2. The SMILES string of the molecule is CC(=O)N(CCC(=O)N1CCN(Cc2ccccc2)CC1)c1ccccc1C#N. The molecule has 6 heteroatoms. The molecule has 29 heavy (non-hydrogen) atoms. The maximum absolute atomic E-state index is 12.7. The first kappa shape index (κ1) is 20.6. The van der Waals surface area contributed by atoms with E-state index in [2.05, 4.69) is 23.1 Å². The first-order valence-corrected chi connectivity index (χ1v) is 9.90. The van der Waals surface area contributed by atoms with Gasteiger partial charge in [-0.25, -0.2) is 0 Å². The van der Waals surface area contributed by atoms with Crippen molar-refractivity contribution in [3.8, 4) is 6.07 Å². The second-order valence-electron chi connectivity index (χ2n) is 7.19. The Morgan fingerprint density at radius 3 is 2.31 bits per heavy atom. The third-order valence-electron chi connectivity index (χ3n) is 5.22. The van der Waals surface area contributed by atoms with Crippen molar-refractivity contribution < 1.29 is 9.59 Å². The molecule has 0 N–H and O–H groups in total. The number of amides is 2. The van der Waals surface area contributed by atoms with Crippen LogP contribution in [0.3, 0.4) is 0 Å². The minimum absolute atomic E-state index is 0.0463. The summed E-state index contributed by atoms with van der Waals surface area (Å²) in [6.45, 7) is 5.70. The number of carbonyl (C=O) groups excluding carboxylic acids is 2. The van der Waals surface area contributed by atoms with E-state index < -0.39 is 0 Å². The third kappa shape index (κ3) is 5.43. The van der Waals surface area contributed by atoms with Crippen molar-refractivity contribution in [2.45, 2.75) is 19.9 Å².